The van der Waals surface area contributed by atoms with Gasteiger partial charge in [-0.2, -0.15) is 0 Å². The van der Waals surface area contributed by atoms with Crippen molar-refractivity contribution in [3.05, 3.63) is 48.5 Å². The van der Waals surface area contributed by atoms with Crippen molar-refractivity contribution in [1.29, 1.82) is 0 Å². The SMILES string of the molecule is Cn1ccnc1C(=O)C1CCCN(CCSc2ccccc2)C1. The number of aromatic nitrogens is 2. The molecular formula is C18H23N3OS. The standard InChI is InChI=1S/C18H23N3OS/c1-20-11-9-19-18(20)17(22)15-6-5-10-21(14-15)12-13-23-16-7-3-2-4-8-16/h2-4,7-9,11,15H,5-6,10,12-14H2,1H3. The van der Waals surface area contributed by atoms with Crippen LogP contribution in [0.15, 0.2) is 47.6 Å². The predicted molar refractivity (Wildman–Crippen MR) is 93.9 cm³/mol. The van der Waals surface area contributed by atoms with Crippen LogP contribution in [0.3, 0.4) is 0 Å². The largest absolute Gasteiger partial charge is 0.332 e. The van der Waals surface area contributed by atoms with Gasteiger partial charge in [-0.25, -0.2) is 4.98 Å². The highest BCUT2D eigenvalue weighted by atomic mass is 32.2. The van der Waals surface area contributed by atoms with Crippen molar-refractivity contribution in [3.63, 3.8) is 0 Å². The quantitative estimate of drug-likeness (QED) is 0.603. The molecule has 0 amide bonds. The average Bonchev–Trinajstić information content (AvgIpc) is 3.01. The lowest BCUT2D eigenvalue weighted by molar-refractivity contribution is 0.0812. The Bertz CT molecular complexity index is 641. The van der Waals surface area contributed by atoms with Crippen molar-refractivity contribution in [2.45, 2.75) is 17.7 Å². The van der Waals surface area contributed by atoms with Crippen LogP contribution in [0, 0.1) is 5.92 Å². The van der Waals surface area contributed by atoms with Gasteiger partial charge in [-0.05, 0) is 31.5 Å². The molecule has 2 heterocycles. The van der Waals surface area contributed by atoms with Gasteiger partial charge in [0, 0.05) is 49.1 Å². The zero-order valence-corrected chi connectivity index (χ0v) is 14.3. The van der Waals surface area contributed by atoms with Gasteiger partial charge in [0.1, 0.15) is 0 Å². The minimum absolute atomic E-state index is 0.0894. The van der Waals surface area contributed by atoms with Gasteiger partial charge >= 0.3 is 0 Å². The number of thioether (sulfide) groups is 1. The summed E-state index contributed by atoms with van der Waals surface area (Å²) >= 11 is 1.88. The molecule has 0 aliphatic carbocycles. The van der Waals surface area contributed by atoms with Crippen LogP contribution in [-0.2, 0) is 7.05 Å². The second-order valence-electron chi connectivity index (χ2n) is 6.03. The number of aryl methyl sites for hydroxylation is 1. The summed E-state index contributed by atoms with van der Waals surface area (Å²) in [6, 6.07) is 10.5. The Kier molecular flexibility index (Phi) is 5.51. The fourth-order valence-electron chi connectivity index (χ4n) is 3.07. The zero-order chi connectivity index (χ0) is 16.1. The van der Waals surface area contributed by atoms with Crippen molar-refractivity contribution in [1.82, 2.24) is 14.5 Å². The topological polar surface area (TPSA) is 38.1 Å². The van der Waals surface area contributed by atoms with Crippen LogP contribution in [0.1, 0.15) is 23.5 Å². The summed E-state index contributed by atoms with van der Waals surface area (Å²) in [4.78, 5) is 20.5. The molecule has 1 aliphatic heterocycles. The lowest BCUT2D eigenvalue weighted by Gasteiger charge is -2.31. The number of rotatable bonds is 6. The summed E-state index contributed by atoms with van der Waals surface area (Å²) < 4.78 is 1.83. The summed E-state index contributed by atoms with van der Waals surface area (Å²) in [7, 11) is 1.89. The molecule has 0 spiro atoms. The van der Waals surface area contributed by atoms with Gasteiger partial charge in [-0.3, -0.25) is 4.79 Å². The van der Waals surface area contributed by atoms with Gasteiger partial charge in [-0.1, -0.05) is 18.2 Å². The number of carbonyl (C=O) groups is 1. The first-order valence-corrected chi connectivity index (χ1v) is 9.14. The summed E-state index contributed by atoms with van der Waals surface area (Å²) in [6.07, 6.45) is 5.61. The third-order valence-corrected chi connectivity index (χ3v) is 5.33. The molecule has 0 saturated carbocycles. The maximum atomic E-state index is 12.6. The molecule has 23 heavy (non-hydrogen) atoms. The second-order valence-corrected chi connectivity index (χ2v) is 7.20. The van der Waals surface area contributed by atoms with Gasteiger partial charge in [0.05, 0.1) is 0 Å². The van der Waals surface area contributed by atoms with Gasteiger partial charge < -0.3 is 9.47 Å². The molecule has 0 N–H and O–H groups in total. The number of likely N-dealkylation sites (tertiary alicyclic amines) is 1. The number of benzene rings is 1. The Morgan fingerprint density at radius 2 is 2.17 bits per heavy atom. The highest BCUT2D eigenvalue weighted by molar-refractivity contribution is 7.99. The maximum Gasteiger partial charge on any atom is 0.202 e. The lowest BCUT2D eigenvalue weighted by Crippen LogP contribution is -2.40. The molecule has 4 nitrogen and oxygen atoms in total. The molecule has 1 aromatic heterocycles. The van der Waals surface area contributed by atoms with E-state index in [9.17, 15) is 4.79 Å². The second kappa shape index (κ2) is 7.79. The molecule has 3 rings (SSSR count). The number of ketones is 1. The highest BCUT2D eigenvalue weighted by Gasteiger charge is 2.28. The molecular weight excluding hydrogens is 306 g/mol. The molecule has 5 heteroatoms. The normalized spacial score (nSPS) is 18.9. The van der Waals surface area contributed by atoms with Gasteiger partial charge in [-0.15, -0.1) is 11.8 Å². The molecule has 1 aromatic carbocycles. The van der Waals surface area contributed by atoms with Gasteiger partial charge in [0.25, 0.3) is 0 Å². The molecule has 1 saturated heterocycles. The van der Waals surface area contributed by atoms with E-state index < -0.39 is 0 Å². The maximum absolute atomic E-state index is 12.6. The molecule has 2 aromatic rings. The summed E-state index contributed by atoms with van der Waals surface area (Å²) in [5.74, 6) is 1.94. The van der Waals surface area contributed by atoms with Gasteiger partial charge in [0.2, 0.25) is 5.78 Å². The van der Waals surface area contributed by atoms with Crippen LogP contribution in [0.25, 0.3) is 0 Å². The van der Waals surface area contributed by atoms with E-state index >= 15 is 0 Å². The van der Waals surface area contributed by atoms with Crippen LogP contribution < -0.4 is 0 Å². The van der Waals surface area contributed by atoms with Crippen LogP contribution in [0.4, 0.5) is 0 Å². The van der Waals surface area contributed by atoms with Crippen molar-refractivity contribution in [2.75, 3.05) is 25.4 Å². The van der Waals surface area contributed by atoms with Crippen LogP contribution >= 0.6 is 11.8 Å². The first kappa shape index (κ1) is 16.3. The van der Waals surface area contributed by atoms with E-state index in [2.05, 4.69) is 34.1 Å². The van der Waals surface area contributed by atoms with E-state index in [1.165, 1.54) is 4.90 Å². The number of piperidine rings is 1. The van der Waals surface area contributed by atoms with E-state index in [0.717, 1.165) is 38.2 Å². The summed E-state index contributed by atoms with van der Waals surface area (Å²) in [5, 5.41) is 0. The smallest absolute Gasteiger partial charge is 0.202 e. The molecule has 1 unspecified atom stereocenters. The first-order valence-electron chi connectivity index (χ1n) is 8.16. The Balaban J connectivity index is 1.50. The van der Waals surface area contributed by atoms with Gasteiger partial charge in [0.15, 0.2) is 5.82 Å². The fourth-order valence-corrected chi connectivity index (χ4v) is 4.00. The first-order chi connectivity index (χ1) is 11.2. The molecule has 122 valence electrons. The molecule has 1 atom stereocenters. The van der Waals surface area contributed by atoms with E-state index in [1.807, 2.05) is 35.6 Å². The third kappa shape index (κ3) is 4.24. The van der Waals surface area contributed by atoms with E-state index in [4.69, 9.17) is 0 Å². The monoisotopic (exact) mass is 329 g/mol. The molecule has 1 fully saturated rings. The third-order valence-electron chi connectivity index (χ3n) is 4.34. The van der Waals surface area contributed by atoms with Crippen LogP contribution in [0.2, 0.25) is 0 Å². The number of hydrogen-bond donors (Lipinski definition) is 0. The lowest BCUT2D eigenvalue weighted by atomic mass is 9.93. The number of Topliss-reactive ketones (excluding diaryl/α,β-unsaturated/α-hetero) is 1. The van der Waals surface area contributed by atoms with Crippen molar-refractivity contribution in [2.24, 2.45) is 13.0 Å². The summed E-state index contributed by atoms with van der Waals surface area (Å²) in [5.41, 5.74) is 0. The number of imidazole rings is 1. The van der Waals surface area contributed by atoms with Crippen molar-refractivity contribution in [3.8, 4) is 0 Å². The molecule has 0 bridgehead atoms. The van der Waals surface area contributed by atoms with E-state index in [-0.39, 0.29) is 11.7 Å². The fraction of sp³-hybridized carbons (Fsp3) is 0.444. The summed E-state index contributed by atoms with van der Waals surface area (Å²) in [6.45, 7) is 2.99. The van der Waals surface area contributed by atoms with Crippen molar-refractivity contribution >= 4 is 17.5 Å². The average molecular weight is 329 g/mol. The minimum atomic E-state index is 0.0894. The molecule has 1 aliphatic rings. The van der Waals surface area contributed by atoms with Crippen molar-refractivity contribution < 1.29 is 4.79 Å². The Morgan fingerprint density at radius 3 is 2.91 bits per heavy atom. The minimum Gasteiger partial charge on any atom is -0.332 e. The van der Waals surface area contributed by atoms with E-state index in [1.54, 1.807) is 6.20 Å². The molecule has 0 radical (unpaired) electrons. The number of hydrogen-bond acceptors (Lipinski definition) is 4. The zero-order valence-electron chi connectivity index (χ0n) is 13.5. The highest BCUT2D eigenvalue weighted by Crippen LogP contribution is 2.22. The van der Waals surface area contributed by atoms with Crippen LogP contribution in [-0.4, -0.2) is 45.6 Å². The Hall–Kier alpha value is -1.59. The van der Waals surface area contributed by atoms with Crippen LogP contribution in [0.5, 0.6) is 0 Å². The predicted octanol–water partition coefficient (Wildman–Crippen LogP) is 3.11. The Labute approximate surface area is 141 Å². The number of carbonyl (C=O) groups excluding carboxylic acids is 1. The Morgan fingerprint density at radius 1 is 1.35 bits per heavy atom. The number of nitrogens with zero attached hydrogens (tertiary/aromatic N) is 3. The van der Waals surface area contributed by atoms with E-state index in [0.29, 0.717) is 5.82 Å².